The number of carbonyl (C=O) groups excluding carboxylic acids is 5. The Bertz CT molecular complexity index is 2040. The molecule has 0 radical (unpaired) electrons. The summed E-state index contributed by atoms with van der Waals surface area (Å²) in [6.45, 7) is 12.1. The molecule has 0 aliphatic carbocycles. The number of sulfone groups is 1. The molecule has 76 heavy (non-hydrogen) atoms. The zero-order valence-corrected chi connectivity index (χ0v) is 45.6. The molecule has 25 heteroatoms. The number of nitrogens with zero attached hydrogens (tertiary/aromatic N) is 2. The van der Waals surface area contributed by atoms with E-state index in [0.29, 0.717) is 162 Å². The lowest BCUT2D eigenvalue weighted by atomic mass is 9.97. The Morgan fingerprint density at radius 3 is 1.58 bits per heavy atom. The molecule has 0 fully saturated rings. The minimum absolute atomic E-state index is 0.0596. The van der Waals surface area contributed by atoms with Crippen molar-refractivity contribution in [3.05, 3.63) is 53.9 Å². The van der Waals surface area contributed by atoms with E-state index in [0.717, 1.165) is 11.8 Å². The van der Waals surface area contributed by atoms with Gasteiger partial charge in [-0.3, -0.25) is 24.0 Å². The van der Waals surface area contributed by atoms with Crippen LogP contribution < -0.4 is 27.0 Å². The first-order chi connectivity index (χ1) is 36.6. The molecule has 0 aliphatic heterocycles. The van der Waals surface area contributed by atoms with Gasteiger partial charge in [-0.2, -0.15) is 0 Å². The van der Waals surface area contributed by atoms with E-state index < -0.39 is 45.6 Å². The number of carbonyl (C=O) groups is 5. The zero-order chi connectivity index (χ0) is 55.5. The average Bonchev–Trinajstić information content (AvgIpc) is 3.38. The van der Waals surface area contributed by atoms with Gasteiger partial charge in [0.2, 0.25) is 38.6 Å². The van der Waals surface area contributed by atoms with E-state index in [2.05, 4.69) is 31.2 Å². The highest BCUT2D eigenvalue weighted by atomic mass is 32.2. The monoisotopic (exact) mass is 1100 g/mol. The molecule has 6 N–H and O–H groups in total. The van der Waals surface area contributed by atoms with Crippen LogP contribution in [0.15, 0.2) is 47.9 Å². The molecule has 1 aromatic carbocycles. The fourth-order valence-corrected chi connectivity index (χ4v) is 6.51. The highest BCUT2D eigenvalue weighted by Gasteiger charge is 2.24. The standard InChI is InChI=1S/C51H83N7O17S/c1-51(2,3)49(63)75-38-41-13-15-43(16-14-41)57-48(62)44(11-8-9-17-52)58-47(61)40-74-39-46(60)54-19-21-67-23-25-69-27-29-71-31-33-73-35-34-72-32-30-70-28-26-68-24-22-66-20-18-53-45(59)12-7-5-6-10-42-36-55-50(56-37-42)76(4,64)65/h6,10,13-16,36-37,44H,5,7-9,11-12,17-35,38-40,52H2,1-4H3,(H,53,59)(H,54,60)(H,57,62)(H,58,61)/b10-6+/t44-/m0/s1. The number of nitrogens with two attached hydrogens (primary N) is 1. The summed E-state index contributed by atoms with van der Waals surface area (Å²) < 4.78 is 77.4. The average molecular weight is 1100 g/mol. The highest BCUT2D eigenvalue weighted by Crippen LogP contribution is 2.18. The molecule has 430 valence electrons. The maximum Gasteiger partial charge on any atom is 0.311 e. The number of nitrogens with one attached hydrogen (secondary N) is 4. The van der Waals surface area contributed by atoms with Crippen LogP contribution in [0.1, 0.15) is 70.4 Å². The van der Waals surface area contributed by atoms with Crippen LogP contribution in [0.4, 0.5) is 5.69 Å². The van der Waals surface area contributed by atoms with E-state index in [4.69, 9.17) is 53.1 Å². The van der Waals surface area contributed by atoms with Gasteiger partial charge in [0.25, 0.3) is 0 Å². The first kappa shape index (κ1) is 67.1. The molecular weight excluding hydrogens is 1010 g/mol. The third-order valence-corrected chi connectivity index (χ3v) is 10.9. The number of ether oxygens (including phenoxy) is 10. The molecule has 0 saturated carbocycles. The van der Waals surface area contributed by atoms with Crippen LogP contribution in [-0.4, -0.2) is 199 Å². The van der Waals surface area contributed by atoms with Gasteiger partial charge >= 0.3 is 5.97 Å². The van der Waals surface area contributed by atoms with E-state index in [9.17, 15) is 32.4 Å². The first-order valence-corrected chi connectivity index (χ1v) is 27.5. The van der Waals surface area contributed by atoms with E-state index in [-0.39, 0.29) is 43.4 Å². The van der Waals surface area contributed by atoms with E-state index in [1.54, 1.807) is 51.1 Å². The number of esters is 1. The zero-order valence-electron chi connectivity index (χ0n) is 44.8. The van der Waals surface area contributed by atoms with Crippen LogP contribution in [0.3, 0.4) is 0 Å². The summed E-state index contributed by atoms with van der Waals surface area (Å²) in [6.07, 6.45) is 11.0. The quantitative estimate of drug-likeness (QED) is 0.0358. The van der Waals surface area contributed by atoms with Crippen molar-refractivity contribution in [3.8, 4) is 0 Å². The van der Waals surface area contributed by atoms with Gasteiger partial charge in [-0.15, -0.1) is 0 Å². The van der Waals surface area contributed by atoms with Crippen molar-refractivity contribution < 1.29 is 79.8 Å². The molecule has 1 heterocycles. The van der Waals surface area contributed by atoms with Gasteiger partial charge in [0, 0.05) is 49.4 Å². The molecule has 2 rings (SSSR count). The van der Waals surface area contributed by atoms with Crippen molar-refractivity contribution in [1.82, 2.24) is 25.9 Å². The van der Waals surface area contributed by atoms with Crippen LogP contribution >= 0.6 is 0 Å². The molecular formula is C51H83N7O17S. The number of anilines is 1. The number of rotatable bonds is 46. The predicted molar refractivity (Wildman–Crippen MR) is 281 cm³/mol. The third-order valence-electron chi connectivity index (χ3n) is 10.1. The van der Waals surface area contributed by atoms with Gasteiger partial charge in [-0.1, -0.05) is 24.3 Å². The number of allylic oxidation sites excluding steroid dienone is 1. The Labute approximate surface area is 447 Å². The fourth-order valence-electron chi connectivity index (χ4n) is 6.02. The molecule has 0 unspecified atom stereocenters. The smallest absolute Gasteiger partial charge is 0.311 e. The molecule has 2 aromatic rings. The van der Waals surface area contributed by atoms with Gasteiger partial charge in [-0.05, 0) is 77.1 Å². The topological polar surface area (TPSA) is 312 Å². The maximum atomic E-state index is 13.1. The van der Waals surface area contributed by atoms with Gasteiger partial charge in [0.1, 0.15) is 25.9 Å². The summed E-state index contributed by atoms with van der Waals surface area (Å²) >= 11 is 0. The van der Waals surface area contributed by atoms with E-state index >= 15 is 0 Å². The Balaban J connectivity index is 1.31. The Kier molecular flexibility index (Phi) is 37.1. The summed E-state index contributed by atoms with van der Waals surface area (Å²) in [5.41, 5.74) is 6.96. The Morgan fingerprint density at radius 2 is 1.11 bits per heavy atom. The number of hydrogen-bond donors (Lipinski definition) is 5. The minimum atomic E-state index is -3.43. The second kappa shape index (κ2) is 42.0. The Hall–Kier alpha value is -5.06. The minimum Gasteiger partial charge on any atom is -0.460 e. The molecule has 0 spiro atoms. The van der Waals surface area contributed by atoms with Crippen LogP contribution in [0, 0.1) is 5.41 Å². The number of hydrogen-bond acceptors (Lipinski definition) is 20. The fraction of sp³-hybridized carbons (Fsp3) is 0.667. The van der Waals surface area contributed by atoms with Crippen LogP contribution in [-0.2, 0) is 87.8 Å². The lowest BCUT2D eigenvalue weighted by molar-refractivity contribution is -0.154. The van der Waals surface area contributed by atoms with Crippen molar-refractivity contribution in [1.29, 1.82) is 0 Å². The summed E-state index contributed by atoms with van der Waals surface area (Å²) in [5, 5.41) is 10.7. The van der Waals surface area contributed by atoms with Crippen molar-refractivity contribution in [2.45, 2.75) is 77.1 Å². The van der Waals surface area contributed by atoms with Crippen molar-refractivity contribution >= 4 is 51.2 Å². The second-order valence-electron chi connectivity index (χ2n) is 17.9. The van der Waals surface area contributed by atoms with Crippen LogP contribution in [0.2, 0.25) is 0 Å². The highest BCUT2D eigenvalue weighted by molar-refractivity contribution is 7.90. The van der Waals surface area contributed by atoms with Crippen LogP contribution in [0.25, 0.3) is 6.08 Å². The molecule has 4 amide bonds. The molecule has 1 atom stereocenters. The number of aromatic nitrogens is 2. The van der Waals surface area contributed by atoms with Gasteiger partial charge in [-0.25, -0.2) is 18.4 Å². The van der Waals surface area contributed by atoms with E-state index in [1.807, 2.05) is 6.08 Å². The normalized spacial score (nSPS) is 12.1. The summed E-state index contributed by atoms with van der Waals surface area (Å²) in [6, 6.07) is 6.01. The van der Waals surface area contributed by atoms with Gasteiger partial charge in [0.05, 0.1) is 111 Å². The Morgan fingerprint density at radius 1 is 0.632 bits per heavy atom. The summed E-state index contributed by atoms with van der Waals surface area (Å²) in [5.74, 6) is -1.76. The first-order valence-electron chi connectivity index (χ1n) is 25.6. The van der Waals surface area contributed by atoms with Crippen LogP contribution in [0.5, 0.6) is 0 Å². The lowest BCUT2D eigenvalue weighted by Gasteiger charge is -2.19. The van der Waals surface area contributed by atoms with Crippen molar-refractivity contribution in [2.24, 2.45) is 11.1 Å². The predicted octanol–water partition coefficient (Wildman–Crippen LogP) is 1.79. The second-order valence-corrected chi connectivity index (χ2v) is 19.8. The largest absolute Gasteiger partial charge is 0.460 e. The molecule has 0 aliphatic rings. The molecule has 0 bridgehead atoms. The summed E-state index contributed by atoms with van der Waals surface area (Å²) in [4.78, 5) is 69.6. The SMILES string of the molecule is CC(C)(C)C(=O)OCc1ccc(NC(=O)[C@H](CCCCN)NC(=O)COCC(=O)NCCOCCOCCOCCOCCOCCOCCOCCOCCNC(=O)CCC/C=C/c2cnc(S(C)(=O)=O)nc2)cc1. The molecule has 24 nitrogen and oxygen atoms in total. The van der Waals surface area contributed by atoms with Gasteiger partial charge in [0.15, 0.2) is 0 Å². The van der Waals surface area contributed by atoms with Crippen molar-refractivity contribution in [3.63, 3.8) is 0 Å². The lowest BCUT2D eigenvalue weighted by Crippen LogP contribution is -2.45. The molecule has 1 aromatic heterocycles. The summed E-state index contributed by atoms with van der Waals surface area (Å²) in [7, 11) is -3.43. The maximum absolute atomic E-state index is 13.1. The third kappa shape index (κ3) is 36.1. The number of amides is 4. The van der Waals surface area contributed by atoms with E-state index in [1.165, 1.54) is 12.4 Å². The van der Waals surface area contributed by atoms with Gasteiger partial charge < -0.3 is 74.4 Å². The number of unbranched alkanes of at least 4 members (excludes halogenated alkanes) is 2. The molecule has 0 saturated heterocycles. The number of benzene rings is 1. The van der Waals surface area contributed by atoms with Crippen molar-refractivity contribution in [2.75, 3.05) is 150 Å².